The number of imide groups is 1. The summed E-state index contributed by atoms with van der Waals surface area (Å²) in [6, 6.07) is 0.681. The van der Waals surface area contributed by atoms with E-state index in [0.717, 1.165) is 11.1 Å². The van der Waals surface area contributed by atoms with Crippen molar-refractivity contribution in [3.63, 3.8) is 0 Å². The summed E-state index contributed by atoms with van der Waals surface area (Å²) in [6.07, 6.45) is 2.41. The number of anilines is 1. The first-order valence-corrected chi connectivity index (χ1v) is 5.92. The number of hydrogen-bond donors (Lipinski definition) is 2. The number of urea groups is 1. The zero-order valence-electron chi connectivity index (χ0n) is 11.1. The van der Waals surface area contributed by atoms with E-state index in [0.29, 0.717) is 0 Å². The van der Waals surface area contributed by atoms with E-state index in [1.807, 2.05) is 0 Å². The number of carboxylic acids is 1. The van der Waals surface area contributed by atoms with E-state index in [-0.39, 0.29) is 17.8 Å². The standard InChI is InChI=1S/C12H12N4O5/c1-15-6-10(18)16(12(15)21)5-9(17)14-8-2-7(11(19)20)3-13-4-8/h2-4H,5-6H2,1H3,(H,14,17)(H,19,20). The summed E-state index contributed by atoms with van der Waals surface area (Å²) < 4.78 is 0. The van der Waals surface area contributed by atoms with E-state index in [1.165, 1.54) is 24.2 Å². The third-order valence-corrected chi connectivity index (χ3v) is 2.80. The average molecular weight is 292 g/mol. The summed E-state index contributed by atoms with van der Waals surface area (Å²) in [5.74, 6) is -2.25. The van der Waals surface area contributed by atoms with Crippen LogP contribution in [0.25, 0.3) is 0 Å². The van der Waals surface area contributed by atoms with Crippen molar-refractivity contribution >= 4 is 29.5 Å². The van der Waals surface area contributed by atoms with Gasteiger partial charge in [-0.3, -0.25) is 19.5 Å². The second kappa shape index (κ2) is 5.57. The van der Waals surface area contributed by atoms with E-state index >= 15 is 0 Å². The summed E-state index contributed by atoms with van der Waals surface area (Å²) in [4.78, 5) is 51.4. The molecule has 2 N–H and O–H groups in total. The molecular formula is C12H12N4O5. The number of likely N-dealkylation sites (N-methyl/N-ethyl adjacent to an activating group) is 1. The van der Waals surface area contributed by atoms with Gasteiger partial charge in [-0.15, -0.1) is 0 Å². The first-order valence-electron chi connectivity index (χ1n) is 5.92. The van der Waals surface area contributed by atoms with Crippen molar-refractivity contribution in [1.82, 2.24) is 14.8 Å². The van der Waals surface area contributed by atoms with Crippen LogP contribution in [0.5, 0.6) is 0 Å². The average Bonchev–Trinajstić information content (AvgIpc) is 2.65. The molecule has 0 unspecified atom stereocenters. The number of carbonyl (C=O) groups is 4. The lowest BCUT2D eigenvalue weighted by Gasteiger charge is -2.13. The number of hydrogen-bond acceptors (Lipinski definition) is 5. The van der Waals surface area contributed by atoms with E-state index < -0.39 is 30.4 Å². The number of rotatable bonds is 4. The molecule has 1 saturated heterocycles. The van der Waals surface area contributed by atoms with E-state index in [9.17, 15) is 19.2 Å². The first kappa shape index (κ1) is 14.4. The predicted octanol–water partition coefficient (Wildman–Crippen LogP) is -0.388. The molecule has 4 amide bonds. The molecule has 2 heterocycles. The maximum atomic E-state index is 11.8. The minimum atomic E-state index is -1.18. The number of nitrogens with one attached hydrogen (secondary N) is 1. The zero-order valence-corrected chi connectivity index (χ0v) is 11.1. The highest BCUT2D eigenvalue weighted by Crippen LogP contribution is 2.10. The van der Waals surface area contributed by atoms with Crippen LogP contribution in [0.2, 0.25) is 0 Å². The normalized spacial score (nSPS) is 14.5. The van der Waals surface area contributed by atoms with E-state index in [1.54, 1.807) is 0 Å². The highest BCUT2D eigenvalue weighted by Gasteiger charge is 2.34. The number of aromatic nitrogens is 1. The molecule has 0 aromatic carbocycles. The van der Waals surface area contributed by atoms with Gasteiger partial charge in [0.05, 0.1) is 17.4 Å². The first-order chi connectivity index (χ1) is 9.88. The Morgan fingerprint density at radius 3 is 2.67 bits per heavy atom. The number of aromatic carboxylic acids is 1. The minimum absolute atomic E-state index is 0.0673. The SMILES string of the molecule is CN1CC(=O)N(CC(=O)Nc2cncc(C(=O)O)c2)C1=O. The molecule has 1 aliphatic rings. The van der Waals surface area contributed by atoms with Gasteiger partial charge in [0.15, 0.2) is 0 Å². The monoisotopic (exact) mass is 292 g/mol. The van der Waals surface area contributed by atoms with Crippen molar-refractivity contribution in [2.24, 2.45) is 0 Å². The van der Waals surface area contributed by atoms with Gasteiger partial charge in [0.25, 0.3) is 5.91 Å². The quantitative estimate of drug-likeness (QED) is 0.729. The van der Waals surface area contributed by atoms with Crippen LogP contribution in [0.3, 0.4) is 0 Å². The Hall–Kier alpha value is -2.97. The second-order valence-electron chi connectivity index (χ2n) is 4.43. The van der Waals surface area contributed by atoms with Crippen molar-refractivity contribution < 1.29 is 24.3 Å². The number of nitrogens with zero attached hydrogens (tertiary/aromatic N) is 3. The van der Waals surface area contributed by atoms with Gasteiger partial charge in [0.2, 0.25) is 5.91 Å². The maximum Gasteiger partial charge on any atom is 0.337 e. The van der Waals surface area contributed by atoms with Crippen LogP contribution in [0.15, 0.2) is 18.5 Å². The fourth-order valence-electron chi connectivity index (χ4n) is 1.79. The number of carbonyl (C=O) groups excluding carboxylic acids is 3. The van der Waals surface area contributed by atoms with Gasteiger partial charge >= 0.3 is 12.0 Å². The molecule has 0 radical (unpaired) electrons. The van der Waals surface area contributed by atoms with Gasteiger partial charge in [-0.2, -0.15) is 0 Å². The van der Waals surface area contributed by atoms with Crippen molar-refractivity contribution in [1.29, 1.82) is 0 Å². The molecule has 1 aliphatic heterocycles. The third kappa shape index (κ3) is 3.14. The minimum Gasteiger partial charge on any atom is -0.478 e. The zero-order chi connectivity index (χ0) is 15.6. The molecule has 0 spiro atoms. The molecule has 1 aromatic heterocycles. The van der Waals surface area contributed by atoms with Gasteiger partial charge in [-0.25, -0.2) is 9.59 Å². The van der Waals surface area contributed by atoms with Crippen molar-refractivity contribution in [2.45, 2.75) is 0 Å². The molecule has 0 bridgehead atoms. The Bertz CT molecular complexity index is 630. The van der Waals surface area contributed by atoms with Crippen molar-refractivity contribution in [2.75, 3.05) is 25.5 Å². The lowest BCUT2D eigenvalue weighted by Crippen LogP contribution is -2.38. The summed E-state index contributed by atoms with van der Waals surface area (Å²) in [6.45, 7) is -0.499. The second-order valence-corrected chi connectivity index (χ2v) is 4.43. The third-order valence-electron chi connectivity index (χ3n) is 2.80. The summed E-state index contributed by atoms with van der Waals surface area (Å²) in [7, 11) is 1.46. The van der Waals surface area contributed by atoms with Crippen LogP contribution in [-0.4, -0.2) is 63.8 Å². The lowest BCUT2D eigenvalue weighted by molar-refractivity contribution is -0.129. The number of carboxylic acid groups (broad SMARTS) is 1. The summed E-state index contributed by atoms with van der Waals surface area (Å²) in [5, 5.41) is 11.2. The number of amides is 4. The molecular weight excluding hydrogens is 280 g/mol. The molecule has 1 fully saturated rings. The largest absolute Gasteiger partial charge is 0.478 e. The smallest absolute Gasteiger partial charge is 0.337 e. The molecule has 0 saturated carbocycles. The van der Waals surface area contributed by atoms with E-state index in [2.05, 4.69) is 10.3 Å². The summed E-state index contributed by atoms with van der Waals surface area (Å²) >= 11 is 0. The highest BCUT2D eigenvalue weighted by molar-refractivity contribution is 6.06. The van der Waals surface area contributed by atoms with Crippen LogP contribution in [0.4, 0.5) is 10.5 Å². The lowest BCUT2D eigenvalue weighted by atomic mass is 10.2. The Balaban J connectivity index is 2.02. The van der Waals surface area contributed by atoms with Crippen LogP contribution in [0.1, 0.15) is 10.4 Å². The van der Waals surface area contributed by atoms with Crippen molar-refractivity contribution in [3.05, 3.63) is 24.0 Å². The van der Waals surface area contributed by atoms with E-state index in [4.69, 9.17) is 5.11 Å². The molecule has 0 atom stereocenters. The molecule has 110 valence electrons. The molecule has 9 heteroatoms. The van der Waals surface area contributed by atoms with Crippen LogP contribution in [-0.2, 0) is 9.59 Å². The van der Waals surface area contributed by atoms with Gasteiger partial charge in [0.1, 0.15) is 13.1 Å². The Morgan fingerprint density at radius 1 is 1.38 bits per heavy atom. The Labute approximate surface area is 119 Å². The van der Waals surface area contributed by atoms with Gasteiger partial charge in [-0.05, 0) is 6.07 Å². The van der Waals surface area contributed by atoms with Crippen LogP contribution >= 0.6 is 0 Å². The molecule has 0 aliphatic carbocycles. The summed E-state index contributed by atoms with van der Waals surface area (Å²) in [5.41, 5.74) is 0.0909. The fourth-order valence-corrected chi connectivity index (χ4v) is 1.79. The van der Waals surface area contributed by atoms with Crippen LogP contribution < -0.4 is 5.32 Å². The highest BCUT2D eigenvalue weighted by atomic mass is 16.4. The van der Waals surface area contributed by atoms with Crippen LogP contribution in [0, 0.1) is 0 Å². The van der Waals surface area contributed by atoms with Gasteiger partial charge in [0, 0.05) is 13.2 Å². The maximum absolute atomic E-state index is 11.8. The number of pyridine rings is 1. The Morgan fingerprint density at radius 2 is 2.10 bits per heavy atom. The molecule has 2 rings (SSSR count). The Kier molecular flexibility index (Phi) is 3.83. The predicted molar refractivity (Wildman–Crippen MR) is 69.6 cm³/mol. The van der Waals surface area contributed by atoms with Crippen molar-refractivity contribution in [3.8, 4) is 0 Å². The molecule has 1 aromatic rings. The van der Waals surface area contributed by atoms with Gasteiger partial charge < -0.3 is 15.3 Å². The fraction of sp³-hybridized carbons (Fsp3) is 0.250. The van der Waals surface area contributed by atoms with Gasteiger partial charge in [-0.1, -0.05) is 0 Å². The topological polar surface area (TPSA) is 120 Å². The molecule has 9 nitrogen and oxygen atoms in total. The molecule has 21 heavy (non-hydrogen) atoms.